The smallest absolute Gasteiger partial charge is 0.0595 e. The van der Waals surface area contributed by atoms with Crippen LogP contribution in [0.5, 0.6) is 0 Å². The molecule has 0 spiro atoms. The van der Waals surface area contributed by atoms with Crippen LogP contribution in [0.3, 0.4) is 0 Å². The van der Waals surface area contributed by atoms with Crippen molar-refractivity contribution < 1.29 is 0 Å². The van der Waals surface area contributed by atoms with Crippen LogP contribution in [0.25, 0.3) is 0 Å². The van der Waals surface area contributed by atoms with Crippen molar-refractivity contribution in [3.8, 4) is 0 Å². The number of rotatable bonds is 5. The molecule has 0 unspecified atom stereocenters. The standard InChI is InChI=1S/C12H17Cl2N/c1-3-4-7-15(2)9-10-5-6-11(13)12(14)8-10/h5-6,8H,3-4,7,9H2,1-2H3. The third kappa shape index (κ3) is 4.42. The summed E-state index contributed by atoms with van der Waals surface area (Å²) in [6, 6.07) is 5.82. The molecule has 15 heavy (non-hydrogen) atoms. The van der Waals surface area contributed by atoms with Gasteiger partial charge in [0, 0.05) is 6.54 Å². The second-order valence-corrected chi connectivity index (χ2v) is 4.65. The van der Waals surface area contributed by atoms with E-state index in [1.54, 1.807) is 0 Å². The first kappa shape index (κ1) is 12.8. The maximum Gasteiger partial charge on any atom is 0.0595 e. The summed E-state index contributed by atoms with van der Waals surface area (Å²) in [5, 5.41) is 1.26. The molecule has 0 aliphatic carbocycles. The van der Waals surface area contributed by atoms with Crippen LogP contribution in [-0.4, -0.2) is 18.5 Å². The highest BCUT2D eigenvalue weighted by Crippen LogP contribution is 2.23. The summed E-state index contributed by atoms with van der Waals surface area (Å²) >= 11 is 11.8. The molecule has 1 aromatic rings. The van der Waals surface area contributed by atoms with Gasteiger partial charge in [0.05, 0.1) is 10.0 Å². The number of halogens is 2. The molecule has 3 heteroatoms. The molecule has 0 heterocycles. The Labute approximate surface area is 102 Å². The molecule has 0 N–H and O–H groups in total. The zero-order valence-corrected chi connectivity index (χ0v) is 10.8. The van der Waals surface area contributed by atoms with Crippen LogP contribution in [0.4, 0.5) is 0 Å². The van der Waals surface area contributed by atoms with E-state index in [2.05, 4.69) is 18.9 Å². The Morgan fingerprint density at radius 2 is 1.93 bits per heavy atom. The second kappa shape index (κ2) is 6.37. The molecule has 1 nitrogen and oxygen atoms in total. The molecular weight excluding hydrogens is 229 g/mol. The predicted octanol–water partition coefficient (Wildman–Crippen LogP) is 4.23. The van der Waals surface area contributed by atoms with Gasteiger partial charge in [0.15, 0.2) is 0 Å². The first-order valence-electron chi connectivity index (χ1n) is 5.26. The lowest BCUT2D eigenvalue weighted by atomic mass is 10.2. The summed E-state index contributed by atoms with van der Waals surface area (Å²) < 4.78 is 0. The van der Waals surface area contributed by atoms with Crippen LogP contribution in [0.15, 0.2) is 18.2 Å². The van der Waals surface area contributed by atoms with Gasteiger partial charge in [0.1, 0.15) is 0 Å². The number of benzene rings is 1. The first-order chi connectivity index (χ1) is 7.13. The van der Waals surface area contributed by atoms with E-state index in [1.165, 1.54) is 18.4 Å². The van der Waals surface area contributed by atoms with Crippen LogP contribution in [-0.2, 0) is 6.54 Å². The van der Waals surface area contributed by atoms with E-state index >= 15 is 0 Å². The van der Waals surface area contributed by atoms with Crippen LogP contribution in [0, 0.1) is 0 Å². The van der Waals surface area contributed by atoms with E-state index in [0.717, 1.165) is 13.1 Å². The van der Waals surface area contributed by atoms with Crippen LogP contribution < -0.4 is 0 Å². The number of hydrogen-bond donors (Lipinski definition) is 0. The van der Waals surface area contributed by atoms with Crippen molar-refractivity contribution in [2.45, 2.75) is 26.3 Å². The Balaban J connectivity index is 2.53. The average molecular weight is 246 g/mol. The highest BCUT2D eigenvalue weighted by atomic mass is 35.5. The number of unbranched alkanes of at least 4 members (excludes halogenated alkanes) is 1. The molecule has 0 bridgehead atoms. The average Bonchev–Trinajstić information content (AvgIpc) is 2.20. The predicted molar refractivity (Wildman–Crippen MR) is 67.7 cm³/mol. The lowest BCUT2D eigenvalue weighted by molar-refractivity contribution is 0.321. The Morgan fingerprint density at radius 1 is 1.20 bits per heavy atom. The van der Waals surface area contributed by atoms with Gasteiger partial charge in [-0.3, -0.25) is 0 Å². The topological polar surface area (TPSA) is 3.24 Å². The molecule has 0 radical (unpaired) electrons. The van der Waals surface area contributed by atoms with E-state index in [9.17, 15) is 0 Å². The van der Waals surface area contributed by atoms with Gasteiger partial charge in [-0.2, -0.15) is 0 Å². The molecule has 84 valence electrons. The van der Waals surface area contributed by atoms with Crippen molar-refractivity contribution >= 4 is 23.2 Å². The van der Waals surface area contributed by atoms with Gasteiger partial charge in [-0.15, -0.1) is 0 Å². The van der Waals surface area contributed by atoms with E-state index in [1.807, 2.05) is 18.2 Å². The van der Waals surface area contributed by atoms with Crippen molar-refractivity contribution in [3.05, 3.63) is 33.8 Å². The lowest BCUT2D eigenvalue weighted by Crippen LogP contribution is -2.18. The van der Waals surface area contributed by atoms with Crippen molar-refractivity contribution in [1.82, 2.24) is 4.90 Å². The van der Waals surface area contributed by atoms with Crippen molar-refractivity contribution in [2.75, 3.05) is 13.6 Å². The van der Waals surface area contributed by atoms with Gasteiger partial charge in [-0.05, 0) is 37.7 Å². The molecule has 0 atom stereocenters. The minimum atomic E-state index is 0.622. The van der Waals surface area contributed by atoms with E-state index in [0.29, 0.717) is 10.0 Å². The quantitative estimate of drug-likeness (QED) is 0.751. The molecule has 0 aliphatic rings. The molecule has 0 aromatic heterocycles. The molecule has 0 amide bonds. The summed E-state index contributed by atoms with van der Waals surface area (Å²) in [6.45, 7) is 4.25. The Kier molecular flexibility index (Phi) is 5.44. The van der Waals surface area contributed by atoms with Crippen LogP contribution in [0.2, 0.25) is 10.0 Å². The van der Waals surface area contributed by atoms with Gasteiger partial charge < -0.3 is 4.90 Å². The highest BCUT2D eigenvalue weighted by molar-refractivity contribution is 6.42. The zero-order valence-electron chi connectivity index (χ0n) is 9.26. The van der Waals surface area contributed by atoms with Gasteiger partial charge in [0.25, 0.3) is 0 Å². The van der Waals surface area contributed by atoms with Crippen molar-refractivity contribution in [3.63, 3.8) is 0 Å². The fourth-order valence-corrected chi connectivity index (χ4v) is 1.78. The highest BCUT2D eigenvalue weighted by Gasteiger charge is 2.02. The summed E-state index contributed by atoms with van der Waals surface area (Å²) in [4.78, 5) is 2.29. The van der Waals surface area contributed by atoms with Gasteiger partial charge in [0.2, 0.25) is 0 Å². The SMILES string of the molecule is CCCCN(C)Cc1ccc(Cl)c(Cl)c1. The summed E-state index contributed by atoms with van der Waals surface area (Å²) in [6.07, 6.45) is 2.46. The second-order valence-electron chi connectivity index (χ2n) is 3.84. The number of hydrogen-bond acceptors (Lipinski definition) is 1. The molecule has 0 aliphatic heterocycles. The lowest BCUT2D eigenvalue weighted by Gasteiger charge is -2.16. The van der Waals surface area contributed by atoms with E-state index < -0.39 is 0 Å². The normalized spacial score (nSPS) is 11.0. The molecule has 1 rings (SSSR count). The monoisotopic (exact) mass is 245 g/mol. The minimum Gasteiger partial charge on any atom is -0.302 e. The van der Waals surface area contributed by atoms with Crippen LogP contribution >= 0.6 is 23.2 Å². The largest absolute Gasteiger partial charge is 0.302 e. The fourth-order valence-electron chi connectivity index (χ4n) is 1.46. The Hall–Kier alpha value is -0.240. The van der Waals surface area contributed by atoms with E-state index in [4.69, 9.17) is 23.2 Å². The molecule has 1 aromatic carbocycles. The molecule has 0 fully saturated rings. The minimum absolute atomic E-state index is 0.622. The van der Waals surface area contributed by atoms with Crippen molar-refractivity contribution in [1.29, 1.82) is 0 Å². The van der Waals surface area contributed by atoms with Gasteiger partial charge in [-0.25, -0.2) is 0 Å². The maximum atomic E-state index is 5.95. The Bertz CT molecular complexity index is 312. The fraction of sp³-hybridized carbons (Fsp3) is 0.500. The third-order valence-electron chi connectivity index (χ3n) is 2.33. The Morgan fingerprint density at radius 3 is 2.53 bits per heavy atom. The van der Waals surface area contributed by atoms with Crippen molar-refractivity contribution in [2.24, 2.45) is 0 Å². The summed E-state index contributed by atoms with van der Waals surface area (Å²) in [5.41, 5.74) is 1.21. The van der Waals surface area contributed by atoms with Gasteiger partial charge in [-0.1, -0.05) is 42.6 Å². The number of nitrogens with zero attached hydrogens (tertiary/aromatic N) is 1. The molecule has 0 saturated carbocycles. The maximum absolute atomic E-state index is 5.95. The third-order valence-corrected chi connectivity index (χ3v) is 3.07. The molecular formula is C12H17Cl2N. The van der Waals surface area contributed by atoms with Crippen LogP contribution in [0.1, 0.15) is 25.3 Å². The molecule has 0 saturated heterocycles. The summed E-state index contributed by atoms with van der Waals surface area (Å²) in [7, 11) is 2.12. The first-order valence-corrected chi connectivity index (χ1v) is 6.01. The summed E-state index contributed by atoms with van der Waals surface area (Å²) in [5.74, 6) is 0. The van der Waals surface area contributed by atoms with Gasteiger partial charge >= 0.3 is 0 Å². The zero-order chi connectivity index (χ0) is 11.3. The van der Waals surface area contributed by atoms with E-state index in [-0.39, 0.29) is 0 Å².